The Morgan fingerprint density at radius 2 is 1.17 bits per heavy atom. The molecule has 0 aliphatic heterocycles. The van der Waals surface area contributed by atoms with E-state index in [9.17, 15) is 28.8 Å². The van der Waals surface area contributed by atoms with Crippen molar-refractivity contribution in [1.82, 2.24) is 16.0 Å². The first-order valence-corrected chi connectivity index (χ1v) is 17.3. The lowest BCUT2D eigenvalue weighted by Crippen LogP contribution is -2.57. The Morgan fingerprint density at radius 3 is 1.74 bits per heavy atom. The highest BCUT2D eigenvalue weighted by atomic mass is 16.5. The number of nitrogens with one attached hydrogen (secondary N) is 3. The lowest BCUT2D eigenvalue weighted by atomic mass is 9.99. The van der Waals surface area contributed by atoms with Gasteiger partial charge >= 0.3 is 17.9 Å². The number of hydrogen-bond acceptors (Lipinski definition) is 9. The van der Waals surface area contributed by atoms with Crippen LogP contribution >= 0.6 is 0 Å². The molecule has 3 atom stereocenters. The molecule has 0 fully saturated rings. The van der Waals surface area contributed by atoms with E-state index in [1.165, 1.54) is 20.8 Å². The molecule has 0 aliphatic carbocycles. The normalized spacial score (nSPS) is 12.6. The zero-order valence-corrected chi connectivity index (χ0v) is 30.5. The molecule has 0 aliphatic rings. The summed E-state index contributed by atoms with van der Waals surface area (Å²) in [6, 6.07) is 24.0. The molecule has 12 nitrogen and oxygen atoms in total. The fourth-order valence-corrected chi connectivity index (χ4v) is 5.76. The summed E-state index contributed by atoms with van der Waals surface area (Å²) >= 11 is 0. The van der Waals surface area contributed by atoms with Gasteiger partial charge < -0.3 is 30.2 Å². The zero-order chi connectivity index (χ0) is 38.5. The van der Waals surface area contributed by atoms with Gasteiger partial charge in [0.05, 0.1) is 12.5 Å². The van der Waals surface area contributed by atoms with Crippen molar-refractivity contribution >= 4 is 46.4 Å². The summed E-state index contributed by atoms with van der Waals surface area (Å²) < 4.78 is 15.5. The van der Waals surface area contributed by atoms with Crippen LogP contribution in [0, 0.1) is 5.92 Å². The molecule has 0 heterocycles. The number of benzene rings is 4. The van der Waals surface area contributed by atoms with Crippen molar-refractivity contribution in [2.75, 3.05) is 6.61 Å². The molecule has 12 heteroatoms. The van der Waals surface area contributed by atoms with Crippen LogP contribution in [0.3, 0.4) is 0 Å². The highest BCUT2D eigenvalue weighted by molar-refractivity contribution is 5.94. The summed E-state index contributed by atoms with van der Waals surface area (Å²) in [5.74, 6) is -2.59. The second-order valence-electron chi connectivity index (χ2n) is 13.1. The number of amides is 3. The molecule has 0 spiro atoms. The van der Waals surface area contributed by atoms with Crippen LogP contribution in [0.1, 0.15) is 51.3 Å². The molecule has 3 N–H and O–H groups in total. The van der Waals surface area contributed by atoms with Gasteiger partial charge in [0.15, 0.2) is 0 Å². The average Bonchev–Trinajstić information content (AvgIpc) is 3.10. The Kier molecular flexibility index (Phi) is 14.2. The lowest BCUT2D eigenvalue weighted by molar-refractivity contribution is -0.142. The van der Waals surface area contributed by atoms with Crippen molar-refractivity contribution in [2.24, 2.45) is 5.92 Å². The molecular formula is C41H45N3O9. The van der Waals surface area contributed by atoms with Crippen LogP contribution in [-0.4, -0.2) is 60.4 Å². The van der Waals surface area contributed by atoms with Gasteiger partial charge in [0.25, 0.3) is 0 Å². The first-order chi connectivity index (χ1) is 25.3. The van der Waals surface area contributed by atoms with Crippen LogP contribution in [0.2, 0.25) is 0 Å². The topological polar surface area (TPSA) is 166 Å². The predicted octanol–water partition coefficient (Wildman–Crippen LogP) is 4.39. The minimum atomic E-state index is -1.07. The molecule has 278 valence electrons. The van der Waals surface area contributed by atoms with Gasteiger partial charge in [0, 0.05) is 27.2 Å². The van der Waals surface area contributed by atoms with E-state index in [0.29, 0.717) is 17.1 Å². The van der Waals surface area contributed by atoms with E-state index in [1.807, 2.05) is 42.5 Å². The van der Waals surface area contributed by atoms with Gasteiger partial charge in [0.1, 0.15) is 30.2 Å². The van der Waals surface area contributed by atoms with Crippen LogP contribution in [0.25, 0.3) is 10.8 Å². The summed E-state index contributed by atoms with van der Waals surface area (Å²) in [6.07, 6.45) is 0.372. The van der Waals surface area contributed by atoms with Crippen molar-refractivity contribution in [3.8, 4) is 11.5 Å². The monoisotopic (exact) mass is 723 g/mol. The van der Waals surface area contributed by atoms with Gasteiger partial charge in [-0.05, 0) is 64.1 Å². The van der Waals surface area contributed by atoms with Crippen molar-refractivity contribution in [1.29, 1.82) is 0 Å². The molecule has 53 heavy (non-hydrogen) atoms. The molecule has 0 unspecified atom stereocenters. The molecule has 0 radical (unpaired) electrons. The fraction of sp³-hybridized carbons (Fsp3) is 0.317. The maximum atomic E-state index is 14.0. The minimum absolute atomic E-state index is 0.0182. The van der Waals surface area contributed by atoms with Crippen LogP contribution in [0.15, 0.2) is 91.0 Å². The summed E-state index contributed by atoms with van der Waals surface area (Å²) in [6.45, 7) is 7.30. The largest absolute Gasteiger partial charge is 0.464 e. The Hall–Kier alpha value is -6.04. The maximum Gasteiger partial charge on any atom is 0.308 e. The number of carbonyl (C=O) groups excluding carboxylic acids is 6. The molecule has 4 rings (SSSR count). The van der Waals surface area contributed by atoms with E-state index >= 15 is 0 Å². The van der Waals surface area contributed by atoms with Gasteiger partial charge in [0.2, 0.25) is 17.7 Å². The van der Waals surface area contributed by atoms with Crippen LogP contribution < -0.4 is 25.4 Å². The molecule has 0 saturated carbocycles. The van der Waals surface area contributed by atoms with E-state index in [-0.39, 0.29) is 37.7 Å². The Balaban J connectivity index is 1.52. The maximum absolute atomic E-state index is 14.0. The van der Waals surface area contributed by atoms with Crippen molar-refractivity contribution in [3.05, 3.63) is 108 Å². The molecule has 0 bridgehead atoms. The minimum Gasteiger partial charge on any atom is -0.464 e. The van der Waals surface area contributed by atoms with Gasteiger partial charge in [-0.1, -0.05) is 80.6 Å². The zero-order valence-electron chi connectivity index (χ0n) is 30.5. The van der Waals surface area contributed by atoms with Crippen LogP contribution in [0.4, 0.5) is 0 Å². The highest BCUT2D eigenvalue weighted by Crippen LogP contribution is 2.20. The van der Waals surface area contributed by atoms with E-state index in [1.54, 1.807) is 62.4 Å². The van der Waals surface area contributed by atoms with E-state index in [2.05, 4.69) is 16.0 Å². The molecule has 3 amide bonds. The summed E-state index contributed by atoms with van der Waals surface area (Å²) in [5, 5.41) is 10.5. The summed E-state index contributed by atoms with van der Waals surface area (Å²) in [5.41, 5.74) is 2.25. The first kappa shape index (κ1) is 39.7. The Morgan fingerprint density at radius 1 is 0.604 bits per heavy atom. The molecule has 0 aromatic heterocycles. The first-order valence-electron chi connectivity index (χ1n) is 17.3. The number of fused-ring (bicyclic) bond motifs is 1. The fourth-order valence-electron chi connectivity index (χ4n) is 5.76. The highest BCUT2D eigenvalue weighted by Gasteiger charge is 2.30. The van der Waals surface area contributed by atoms with Gasteiger partial charge in [-0.15, -0.1) is 0 Å². The number of ether oxygens (including phenoxy) is 3. The van der Waals surface area contributed by atoms with Crippen molar-refractivity contribution in [2.45, 2.75) is 72.0 Å². The molecule has 4 aromatic carbocycles. The van der Waals surface area contributed by atoms with E-state index < -0.39 is 47.8 Å². The second kappa shape index (κ2) is 19.0. The third-order valence-corrected chi connectivity index (χ3v) is 8.26. The third-order valence-electron chi connectivity index (χ3n) is 8.26. The second-order valence-corrected chi connectivity index (χ2v) is 13.1. The van der Waals surface area contributed by atoms with Gasteiger partial charge in [-0.25, -0.2) is 0 Å². The summed E-state index contributed by atoms with van der Waals surface area (Å²) in [7, 11) is 0. The Labute approximate surface area is 308 Å². The van der Waals surface area contributed by atoms with Gasteiger partial charge in [-0.3, -0.25) is 28.8 Å². The average molecular weight is 724 g/mol. The molecule has 0 saturated heterocycles. The lowest BCUT2D eigenvalue weighted by Gasteiger charge is -2.27. The molecule has 4 aromatic rings. The van der Waals surface area contributed by atoms with Crippen LogP contribution in [0.5, 0.6) is 11.5 Å². The number of esters is 3. The van der Waals surface area contributed by atoms with E-state index in [0.717, 1.165) is 21.9 Å². The summed E-state index contributed by atoms with van der Waals surface area (Å²) in [4.78, 5) is 75.7. The van der Waals surface area contributed by atoms with Crippen LogP contribution in [-0.2, 0) is 52.8 Å². The van der Waals surface area contributed by atoms with Crippen molar-refractivity contribution in [3.63, 3.8) is 0 Å². The number of carbonyl (C=O) groups is 6. The van der Waals surface area contributed by atoms with Crippen molar-refractivity contribution < 1.29 is 43.0 Å². The predicted molar refractivity (Wildman–Crippen MR) is 198 cm³/mol. The van der Waals surface area contributed by atoms with Gasteiger partial charge in [-0.2, -0.15) is 0 Å². The number of rotatable bonds is 16. The third kappa shape index (κ3) is 12.6. The SMILES string of the molecule is CC(=O)OC[C@H](Cc1ccc(OC(C)=O)cc1)NC(=O)[C@@H](NC(=O)[C@H](Cc1ccc(OC(C)=O)cc1)NC(=O)Cc1cccc2ccccc12)C(C)C. The Bertz CT molecular complexity index is 1920. The standard InChI is InChI=1S/C41H45N3O9/c1-25(2)39(41(50)42-33(24-51-26(3)45)21-29-13-17-34(18-14-29)52-27(4)46)44-40(49)37(22-30-15-19-35(20-16-30)53-28(5)47)43-38(48)23-32-11-8-10-31-9-6-7-12-36(31)32/h6-20,25,33,37,39H,21-24H2,1-5H3,(H,42,50)(H,43,48)(H,44,49)/t33-,37-,39-/m0/s1. The smallest absolute Gasteiger partial charge is 0.308 e. The quantitative estimate of drug-likeness (QED) is 0.112. The number of hydrogen-bond donors (Lipinski definition) is 3. The molecular weight excluding hydrogens is 678 g/mol. The van der Waals surface area contributed by atoms with E-state index in [4.69, 9.17) is 14.2 Å².